The number of hydrogen-bond acceptors (Lipinski definition) is 0. The lowest BCUT2D eigenvalue weighted by Crippen LogP contribution is -1.92. The zero-order chi connectivity index (χ0) is 87.2. The first-order valence-corrected chi connectivity index (χ1v) is 32.7. The summed E-state index contributed by atoms with van der Waals surface area (Å²) in [6.07, 6.45) is 0. The van der Waals surface area contributed by atoms with Gasteiger partial charge >= 0.3 is 0 Å². The maximum atomic E-state index is 9.19. The topological polar surface area (TPSA) is 0 Å². The molecule has 466 valence electrons. The van der Waals surface area contributed by atoms with Crippen LogP contribution in [0, 0.1) is 0 Å². The second-order valence-electron chi connectivity index (χ2n) is 24.2. The SMILES string of the molecule is [2H]c1c([2H])c([2H])c2c(-c3ccc4ccccc4c3)c3c([2H])c([2H])c([2H])c([2H])c3c(-c3ccccc3)c2c1[2H].[2H]c1c([2H])c([2H])c2c(-c3cccc4ccccc34)c3c([2H])c([2H])c([2H])c([2H])c3c(-c3ccc4ccccc4c3)c2c1[2H].[2H]c1c([2H])c([2H])c2c(-c3ccccc3-c3ccccc3)c3c([2H])c([2H])c([2H])c([2H])c3c(-c3ccc4ccccc4c3)c2c1[2H]. The summed E-state index contributed by atoms with van der Waals surface area (Å²) >= 11 is 0. The van der Waals surface area contributed by atoms with Crippen molar-refractivity contribution < 1.29 is 32.9 Å². The summed E-state index contributed by atoms with van der Waals surface area (Å²) in [6, 6.07) is 71.5. The molecule has 0 aromatic heterocycles. The van der Waals surface area contributed by atoms with Gasteiger partial charge < -0.3 is 0 Å². The van der Waals surface area contributed by atoms with Gasteiger partial charge in [0, 0.05) is 0 Å². The summed E-state index contributed by atoms with van der Waals surface area (Å²) in [5.74, 6) is 0. The van der Waals surface area contributed by atoms with Gasteiger partial charge in [0.05, 0.1) is 32.9 Å². The number of rotatable bonds is 7. The summed E-state index contributed by atoms with van der Waals surface area (Å²) in [5, 5.41) is 9.95. The molecule has 0 spiro atoms. The van der Waals surface area contributed by atoms with E-state index < -0.39 is 72.5 Å². The molecule has 0 fully saturated rings. The quantitative estimate of drug-likeness (QED) is 0.140. The van der Waals surface area contributed by atoms with Gasteiger partial charge in [-0.2, -0.15) is 0 Å². The predicted octanol–water partition coefficient (Wildman–Crippen LogP) is 28.3. The van der Waals surface area contributed by atoms with Crippen LogP contribution in [0.3, 0.4) is 0 Å². The van der Waals surface area contributed by atoms with Crippen molar-refractivity contribution in [3.63, 3.8) is 0 Å². The highest BCUT2D eigenvalue weighted by atomic mass is 14.2. The molecule has 0 heterocycles. The van der Waals surface area contributed by atoms with Gasteiger partial charge in [-0.1, -0.05) is 382 Å². The highest BCUT2D eigenvalue weighted by molar-refractivity contribution is 6.26. The third kappa shape index (κ3) is 10.7. The highest BCUT2D eigenvalue weighted by Crippen LogP contribution is 2.49. The van der Waals surface area contributed by atoms with Crippen molar-refractivity contribution in [1.82, 2.24) is 0 Å². The van der Waals surface area contributed by atoms with E-state index in [2.05, 4.69) is 0 Å². The molecule has 20 aromatic carbocycles. The standard InChI is InChI=1S/C36H24.C34H22.C30H20/c1-2-13-26(14-3-1)29-16-6-7-17-30(29)36-33-20-10-8-18-31(33)35(32-19-9-11-21-34(32)36)28-23-22-25-12-4-5-15-27(25)24-28;1-2-12-25-22-26(21-20-23(25)10-1)33-29-15-5-7-17-31(29)34(32-18-8-6-16-30(32)33)28-19-9-13-24-11-3-4-14-27(24)28;1-2-11-22(12-3-1)29-25-14-6-8-16-27(25)30(28-17-9-7-15-26(28)29)24-19-18-21-10-4-5-13-23(21)20-24/h1-24H;1-22H;1-20H/i8D,9D,10D,11D,18D,19D,20D,21D;5D,6D,7D,8D,15D,16D,17D,18D;6D,7D,8D,9D,14D,15D,16D,17D. The van der Waals surface area contributed by atoms with Gasteiger partial charge in [0.15, 0.2) is 0 Å². The van der Waals surface area contributed by atoms with Gasteiger partial charge in [-0.3, -0.25) is 0 Å². The van der Waals surface area contributed by atoms with Crippen LogP contribution in [-0.4, -0.2) is 0 Å². The van der Waals surface area contributed by atoms with E-state index in [9.17, 15) is 2.74 Å². The molecule has 0 aliphatic carbocycles. The van der Waals surface area contributed by atoms with Crippen molar-refractivity contribution >= 4 is 108 Å². The van der Waals surface area contributed by atoms with E-state index in [1.54, 1.807) is 24.3 Å². The second-order valence-corrected chi connectivity index (χ2v) is 24.2. The van der Waals surface area contributed by atoms with Crippen molar-refractivity contribution in [1.29, 1.82) is 0 Å². The molecule has 0 aliphatic heterocycles. The average Bonchev–Trinajstić information content (AvgIpc) is 0.705. The fourth-order valence-electron chi connectivity index (χ4n) is 14.2. The lowest BCUT2D eigenvalue weighted by atomic mass is 9.83. The summed E-state index contributed by atoms with van der Waals surface area (Å²) in [7, 11) is 0. The number of fused-ring (bicyclic) bond motifs is 10. The van der Waals surface area contributed by atoms with Gasteiger partial charge in [-0.15, -0.1) is 0 Å². The smallest absolute Gasteiger partial charge is 0.0622 e. The molecule has 20 rings (SSSR count). The zero-order valence-corrected chi connectivity index (χ0v) is 53.2. The molecule has 100 heavy (non-hydrogen) atoms. The minimum absolute atomic E-state index is 0.208. The predicted molar refractivity (Wildman–Crippen MR) is 432 cm³/mol. The third-order valence-electron chi connectivity index (χ3n) is 18.6. The van der Waals surface area contributed by atoms with Crippen LogP contribution < -0.4 is 0 Å². The molecule has 0 atom stereocenters. The van der Waals surface area contributed by atoms with Crippen LogP contribution in [0.1, 0.15) is 32.9 Å². The highest BCUT2D eigenvalue weighted by Gasteiger charge is 2.22. The normalized spacial score (nSPS) is 14.8. The average molecular weight is 1290 g/mol. The van der Waals surface area contributed by atoms with Crippen molar-refractivity contribution in [2.45, 2.75) is 0 Å². The monoisotopic (exact) mass is 1290 g/mol. The zero-order valence-electron chi connectivity index (χ0n) is 77.2. The first-order valence-electron chi connectivity index (χ1n) is 44.7. The Bertz CT molecular complexity index is 7780. The Morgan fingerprint density at radius 1 is 0.140 bits per heavy atom. The molecule has 0 saturated carbocycles. The number of benzene rings is 20. The molecule has 20 aromatic rings. The van der Waals surface area contributed by atoms with E-state index in [1.807, 2.05) is 231 Å². The van der Waals surface area contributed by atoms with Crippen LogP contribution in [0.25, 0.3) is 186 Å². The van der Waals surface area contributed by atoms with E-state index in [0.29, 0.717) is 66.8 Å². The van der Waals surface area contributed by atoms with Crippen LogP contribution in [0.2, 0.25) is 0 Å². The Morgan fingerprint density at radius 2 is 0.390 bits per heavy atom. The lowest BCUT2D eigenvalue weighted by Gasteiger charge is -2.20. The maximum absolute atomic E-state index is 9.19. The second kappa shape index (κ2) is 25.9. The Kier molecular flexibility index (Phi) is 10.2. The summed E-state index contributed by atoms with van der Waals surface area (Å²) in [4.78, 5) is 0. The molecule has 0 unspecified atom stereocenters. The fourth-order valence-corrected chi connectivity index (χ4v) is 14.2. The van der Waals surface area contributed by atoms with Crippen LogP contribution in [-0.2, 0) is 0 Å². The Balaban J connectivity index is 0.000000127. The summed E-state index contributed by atoms with van der Waals surface area (Å²) in [6.45, 7) is 0. The molecule has 0 radical (unpaired) electrons. The third-order valence-corrected chi connectivity index (χ3v) is 18.6. The summed E-state index contributed by atoms with van der Waals surface area (Å²) < 4.78 is 212. The van der Waals surface area contributed by atoms with Crippen molar-refractivity contribution in [3.05, 3.63) is 400 Å². The largest absolute Gasteiger partial charge is 0.0629 e. The minimum Gasteiger partial charge on any atom is -0.0622 e. The van der Waals surface area contributed by atoms with E-state index in [4.69, 9.17) is 30.2 Å². The number of hydrogen-bond donors (Lipinski definition) is 0. The van der Waals surface area contributed by atoms with Crippen LogP contribution in [0.15, 0.2) is 400 Å². The molecule has 0 amide bonds. The van der Waals surface area contributed by atoms with E-state index in [-0.39, 0.29) is 137 Å². The van der Waals surface area contributed by atoms with Crippen LogP contribution in [0.4, 0.5) is 0 Å². The van der Waals surface area contributed by atoms with Crippen molar-refractivity contribution in [2.24, 2.45) is 0 Å². The fraction of sp³-hybridized carbons (Fsp3) is 0. The molecule has 0 heteroatoms. The Morgan fingerprint density at radius 3 is 0.760 bits per heavy atom. The van der Waals surface area contributed by atoms with E-state index >= 15 is 0 Å². The van der Waals surface area contributed by atoms with Crippen LogP contribution >= 0.6 is 0 Å². The Hall–Kier alpha value is -13.0. The molecule has 0 bridgehead atoms. The van der Waals surface area contributed by atoms with Gasteiger partial charge in [0.25, 0.3) is 0 Å². The Labute approximate surface area is 615 Å². The molecule has 0 nitrogen and oxygen atoms in total. The molecule has 0 aliphatic rings. The molecular formula is C100H66. The van der Waals surface area contributed by atoms with Gasteiger partial charge in [0.2, 0.25) is 0 Å². The van der Waals surface area contributed by atoms with E-state index in [0.717, 1.165) is 54.2 Å². The van der Waals surface area contributed by atoms with Crippen LogP contribution in [0.5, 0.6) is 0 Å². The van der Waals surface area contributed by atoms with Crippen molar-refractivity contribution in [2.75, 3.05) is 0 Å². The molecular weight excluding hydrogens is 1200 g/mol. The molecule has 0 saturated heterocycles. The minimum atomic E-state index is -0.411. The first kappa shape index (κ1) is 39.3. The van der Waals surface area contributed by atoms with E-state index in [1.165, 1.54) is 0 Å². The van der Waals surface area contributed by atoms with Gasteiger partial charge in [-0.05, 0) is 204 Å². The van der Waals surface area contributed by atoms with Crippen molar-refractivity contribution in [3.8, 4) is 77.9 Å². The first-order chi connectivity index (χ1) is 59.6. The van der Waals surface area contributed by atoms with Gasteiger partial charge in [0.1, 0.15) is 0 Å². The summed E-state index contributed by atoms with van der Waals surface area (Å²) in [5.41, 5.74) is 7.40. The molecule has 0 N–H and O–H groups in total. The maximum Gasteiger partial charge on any atom is 0.0629 e. The van der Waals surface area contributed by atoms with Gasteiger partial charge in [-0.25, -0.2) is 0 Å². The lowest BCUT2D eigenvalue weighted by molar-refractivity contribution is 1.61.